The summed E-state index contributed by atoms with van der Waals surface area (Å²) in [5, 5.41) is 2.76. The van der Waals surface area contributed by atoms with Gasteiger partial charge in [0.1, 0.15) is 11.5 Å². The van der Waals surface area contributed by atoms with Gasteiger partial charge in [0.25, 0.3) is 0 Å². The monoisotopic (exact) mass is 326 g/mol. The van der Waals surface area contributed by atoms with Crippen LogP contribution >= 0.6 is 11.6 Å². The Balaban J connectivity index is 2.67. The zero-order valence-corrected chi connectivity index (χ0v) is 12.8. The van der Waals surface area contributed by atoms with Crippen LogP contribution in [0, 0.1) is 11.6 Å². The van der Waals surface area contributed by atoms with Crippen LogP contribution in [0.15, 0.2) is 12.1 Å². The molecule has 1 aromatic rings. The Hall–Kier alpha value is -0.920. The number of benzene rings is 1. The van der Waals surface area contributed by atoms with Crippen molar-refractivity contribution in [2.24, 2.45) is 0 Å². The van der Waals surface area contributed by atoms with Gasteiger partial charge >= 0.3 is 0 Å². The molecule has 0 heterocycles. The second-order valence-corrected chi connectivity index (χ2v) is 6.88. The van der Waals surface area contributed by atoms with E-state index in [0.29, 0.717) is 19.0 Å². The topological polar surface area (TPSA) is 58.2 Å². The lowest BCUT2D eigenvalue weighted by molar-refractivity contribution is 0.569. The summed E-state index contributed by atoms with van der Waals surface area (Å²) in [6, 6.07) is 1.68. The van der Waals surface area contributed by atoms with E-state index in [4.69, 9.17) is 11.6 Å². The van der Waals surface area contributed by atoms with Crippen LogP contribution in [0.3, 0.4) is 0 Å². The largest absolute Gasteiger partial charge is 0.314 e. The molecule has 4 nitrogen and oxygen atoms in total. The van der Waals surface area contributed by atoms with Crippen LogP contribution in [0.25, 0.3) is 0 Å². The second-order valence-electron chi connectivity index (χ2n) is 4.63. The minimum absolute atomic E-state index is 0.181. The molecule has 2 N–H and O–H groups in total. The van der Waals surface area contributed by atoms with Gasteiger partial charge in [0.2, 0.25) is 10.0 Å². The van der Waals surface area contributed by atoms with Gasteiger partial charge in [0.15, 0.2) is 5.82 Å². The van der Waals surface area contributed by atoms with Crippen molar-refractivity contribution in [1.82, 2.24) is 5.32 Å². The van der Waals surface area contributed by atoms with Crippen LogP contribution in [-0.2, 0) is 10.0 Å². The van der Waals surface area contributed by atoms with Crippen LogP contribution in [0.4, 0.5) is 14.5 Å². The van der Waals surface area contributed by atoms with E-state index in [-0.39, 0.29) is 16.8 Å². The predicted octanol–water partition coefficient (Wildman–Crippen LogP) is 2.75. The van der Waals surface area contributed by atoms with Gasteiger partial charge in [-0.1, -0.05) is 25.4 Å². The molecule has 20 heavy (non-hydrogen) atoms. The Morgan fingerprint density at radius 3 is 2.50 bits per heavy atom. The summed E-state index contributed by atoms with van der Waals surface area (Å²) in [5.74, 6) is -2.09. The van der Waals surface area contributed by atoms with Gasteiger partial charge in [-0.2, -0.15) is 0 Å². The van der Waals surface area contributed by atoms with Gasteiger partial charge in [0, 0.05) is 12.1 Å². The maximum atomic E-state index is 13.5. The number of sulfonamides is 1. The van der Waals surface area contributed by atoms with E-state index in [0.717, 1.165) is 6.07 Å². The van der Waals surface area contributed by atoms with E-state index in [2.05, 4.69) is 5.32 Å². The van der Waals surface area contributed by atoms with E-state index in [9.17, 15) is 17.2 Å². The number of rotatable bonds is 7. The quantitative estimate of drug-likeness (QED) is 0.757. The molecule has 8 heteroatoms. The number of nitrogens with one attached hydrogen (secondary N) is 2. The fourth-order valence-corrected chi connectivity index (χ4v) is 2.94. The maximum Gasteiger partial charge on any atom is 0.232 e. The summed E-state index contributed by atoms with van der Waals surface area (Å²) < 4.78 is 51.9. The molecule has 0 unspecified atom stereocenters. The highest BCUT2D eigenvalue weighted by Gasteiger charge is 2.17. The maximum absolute atomic E-state index is 13.5. The molecule has 0 fully saturated rings. The van der Waals surface area contributed by atoms with E-state index >= 15 is 0 Å². The lowest BCUT2D eigenvalue weighted by Crippen LogP contribution is -2.26. The Morgan fingerprint density at radius 2 is 1.95 bits per heavy atom. The second kappa shape index (κ2) is 7.19. The molecular formula is C12H17ClF2N2O2S. The zero-order valence-electron chi connectivity index (χ0n) is 11.2. The molecule has 0 amide bonds. The fourth-order valence-electron chi connectivity index (χ4n) is 1.50. The van der Waals surface area contributed by atoms with Crippen molar-refractivity contribution in [3.63, 3.8) is 0 Å². The zero-order chi connectivity index (χ0) is 15.3. The van der Waals surface area contributed by atoms with Gasteiger partial charge in [-0.15, -0.1) is 0 Å². The minimum atomic E-state index is -3.73. The average Bonchev–Trinajstić information content (AvgIpc) is 2.29. The van der Waals surface area contributed by atoms with Crippen molar-refractivity contribution < 1.29 is 17.2 Å². The molecule has 1 rings (SSSR count). The Bertz CT molecular complexity index is 542. The molecule has 0 aliphatic carbocycles. The number of halogens is 3. The Labute approximate surface area is 122 Å². The van der Waals surface area contributed by atoms with Crippen molar-refractivity contribution in [3.05, 3.63) is 28.8 Å². The van der Waals surface area contributed by atoms with Crippen molar-refractivity contribution in [2.75, 3.05) is 17.0 Å². The van der Waals surface area contributed by atoms with Gasteiger partial charge in [-0.3, -0.25) is 4.72 Å². The van der Waals surface area contributed by atoms with Crippen molar-refractivity contribution >= 4 is 27.3 Å². The van der Waals surface area contributed by atoms with Crippen molar-refractivity contribution in [3.8, 4) is 0 Å². The van der Waals surface area contributed by atoms with Gasteiger partial charge < -0.3 is 5.32 Å². The number of hydrogen-bond acceptors (Lipinski definition) is 3. The lowest BCUT2D eigenvalue weighted by atomic mass is 10.3. The van der Waals surface area contributed by atoms with Crippen molar-refractivity contribution in [2.45, 2.75) is 26.3 Å². The molecule has 0 bridgehead atoms. The molecule has 1 aromatic carbocycles. The molecule has 0 aliphatic rings. The summed E-state index contributed by atoms with van der Waals surface area (Å²) in [6.07, 6.45) is 0.369. The van der Waals surface area contributed by atoms with Gasteiger partial charge in [-0.25, -0.2) is 17.2 Å². The number of anilines is 1. The Morgan fingerprint density at radius 1 is 1.30 bits per heavy atom. The highest BCUT2D eigenvalue weighted by Crippen LogP contribution is 2.27. The van der Waals surface area contributed by atoms with Gasteiger partial charge in [0.05, 0.1) is 10.8 Å². The third kappa shape index (κ3) is 5.60. The van der Waals surface area contributed by atoms with Crippen LogP contribution in [-0.4, -0.2) is 26.8 Å². The molecule has 0 radical (unpaired) electrons. The Kier molecular flexibility index (Phi) is 6.16. The highest BCUT2D eigenvalue weighted by molar-refractivity contribution is 7.92. The van der Waals surface area contributed by atoms with E-state index in [1.807, 2.05) is 18.6 Å². The van der Waals surface area contributed by atoms with Crippen LogP contribution < -0.4 is 10.0 Å². The fraction of sp³-hybridized carbons (Fsp3) is 0.500. The first-order valence-corrected chi connectivity index (χ1v) is 8.12. The summed E-state index contributed by atoms with van der Waals surface area (Å²) in [4.78, 5) is 0. The average molecular weight is 327 g/mol. The molecule has 114 valence electrons. The third-order valence-corrected chi connectivity index (χ3v) is 4.05. The minimum Gasteiger partial charge on any atom is -0.314 e. The van der Waals surface area contributed by atoms with E-state index in [1.165, 1.54) is 0 Å². The third-order valence-electron chi connectivity index (χ3n) is 2.41. The highest BCUT2D eigenvalue weighted by atomic mass is 35.5. The smallest absolute Gasteiger partial charge is 0.232 e. The van der Waals surface area contributed by atoms with Gasteiger partial charge in [-0.05, 0) is 19.0 Å². The first kappa shape index (κ1) is 17.1. The van der Waals surface area contributed by atoms with Crippen LogP contribution in [0.5, 0.6) is 0 Å². The molecule has 0 atom stereocenters. The number of hydrogen-bond donors (Lipinski definition) is 2. The lowest BCUT2D eigenvalue weighted by Gasteiger charge is -2.11. The molecule has 0 saturated heterocycles. The van der Waals surface area contributed by atoms with E-state index < -0.39 is 27.3 Å². The summed E-state index contributed by atoms with van der Waals surface area (Å²) in [7, 11) is -3.73. The summed E-state index contributed by atoms with van der Waals surface area (Å²) in [6.45, 7) is 4.42. The van der Waals surface area contributed by atoms with Crippen LogP contribution in [0.2, 0.25) is 5.02 Å². The van der Waals surface area contributed by atoms with Crippen molar-refractivity contribution in [1.29, 1.82) is 0 Å². The molecule has 0 saturated carbocycles. The summed E-state index contributed by atoms with van der Waals surface area (Å²) >= 11 is 5.62. The summed E-state index contributed by atoms with van der Waals surface area (Å²) in [5.41, 5.74) is -0.426. The molecule has 0 aromatic heterocycles. The predicted molar refractivity (Wildman–Crippen MR) is 76.5 cm³/mol. The molecular weight excluding hydrogens is 310 g/mol. The molecule has 0 spiro atoms. The standard InChI is InChI=1S/C12H17ClF2N2O2S/c1-8(2)16-4-3-5-20(18,19)17-12-10(13)6-9(14)7-11(12)15/h6-8,16-17H,3-5H2,1-2H3. The SMILES string of the molecule is CC(C)NCCCS(=O)(=O)Nc1c(F)cc(F)cc1Cl. The molecule has 0 aliphatic heterocycles. The van der Waals surface area contributed by atoms with E-state index in [1.54, 1.807) is 0 Å². The first-order chi connectivity index (χ1) is 9.21. The first-order valence-electron chi connectivity index (χ1n) is 6.09. The van der Waals surface area contributed by atoms with Crippen LogP contribution in [0.1, 0.15) is 20.3 Å². The normalized spacial score (nSPS) is 11.9.